The van der Waals surface area contributed by atoms with Crippen molar-refractivity contribution in [2.45, 2.75) is 46.5 Å². The summed E-state index contributed by atoms with van der Waals surface area (Å²) in [5.74, 6) is -0.187. The van der Waals surface area contributed by atoms with Crippen molar-refractivity contribution >= 4 is 5.91 Å². The van der Waals surface area contributed by atoms with Crippen molar-refractivity contribution in [2.24, 2.45) is 5.92 Å². The molecule has 0 aliphatic carbocycles. The van der Waals surface area contributed by atoms with Crippen molar-refractivity contribution in [3.8, 4) is 0 Å². The van der Waals surface area contributed by atoms with Gasteiger partial charge in [0.15, 0.2) is 0 Å². The number of hydrogen-bond donors (Lipinski definition) is 2. The SMILES string of the molecule is CC(=O)NCCCCC(CO)COF.CCC. The van der Waals surface area contributed by atoms with Gasteiger partial charge in [-0.05, 0) is 17.4 Å². The predicted molar refractivity (Wildman–Crippen MR) is 66.1 cm³/mol. The Bertz CT molecular complexity index is 168. The fourth-order valence-corrected chi connectivity index (χ4v) is 1.14. The Kier molecular flexibility index (Phi) is 16.8. The number of rotatable bonds is 8. The van der Waals surface area contributed by atoms with E-state index in [-0.39, 0.29) is 25.0 Å². The van der Waals surface area contributed by atoms with E-state index >= 15 is 0 Å². The van der Waals surface area contributed by atoms with Crippen LogP contribution in [0.1, 0.15) is 46.5 Å². The van der Waals surface area contributed by atoms with E-state index < -0.39 is 0 Å². The van der Waals surface area contributed by atoms with Crippen LogP contribution in [0.15, 0.2) is 0 Å². The predicted octanol–water partition coefficient (Wildman–Crippen LogP) is 2.22. The zero-order valence-corrected chi connectivity index (χ0v) is 11.2. The third-order valence-corrected chi connectivity index (χ3v) is 1.97. The Morgan fingerprint density at radius 2 is 2.00 bits per heavy atom. The summed E-state index contributed by atoms with van der Waals surface area (Å²) in [5.41, 5.74) is 0. The molecule has 4 nitrogen and oxygen atoms in total. The molecule has 1 amide bonds. The normalized spacial score (nSPS) is 11.4. The van der Waals surface area contributed by atoms with Gasteiger partial charge in [-0.3, -0.25) is 4.79 Å². The fourth-order valence-electron chi connectivity index (χ4n) is 1.14. The van der Waals surface area contributed by atoms with Crippen LogP contribution in [-0.2, 0) is 9.74 Å². The first kappa shape index (κ1) is 18.7. The smallest absolute Gasteiger partial charge is 0.216 e. The maximum atomic E-state index is 11.4. The van der Waals surface area contributed by atoms with Gasteiger partial charge in [-0.2, -0.15) is 4.94 Å². The summed E-state index contributed by atoms with van der Waals surface area (Å²) in [6, 6.07) is 0. The number of amides is 1. The summed E-state index contributed by atoms with van der Waals surface area (Å²) in [5, 5.41) is 11.4. The van der Waals surface area contributed by atoms with E-state index in [9.17, 15) is 9.32 Å². The van der Waals surface area contributed by atoms with Gasteiger partial charge in [0.1, 0.15) is 0 Å². The highest BCUT2D eigenvalue weighted by Gasteiger charge is 2.07. The maximum absolute atomic E-state index is 11.4. The summed E-state index contributed by atoms with van der Waals surface area (Å²) < 4.78 is 11.4. The van der Waals surface area contributed by atoms with Crippen LogP contribution in [0.5, 0.6) is 0 Å². The zero-order valence-electron chi connectivity index (χ0n) is 11.2. The van der Waals surface area contributed by atoms with E-state index in [4.69, 9.17) is 5.11 Å². The van der Waals surface area contributed by atoms with Crippen molar-refractivity contribution < 1.29 is 19.4 Å². The van der Waals surface area contributed by atoms with Crippen molar-refractivity contribution in [3.63, 3.8) is 0 Å². The van der Waals surface area contributed by atoms with Gasteiger partial charge in [0, 0.05) is 26.0 Å². The molecule has 0 bridgehead atoms. The molecular weight excluding hydrogens is 225 g/mol. The lowest BCUT2D eigenvalue weighted by Gasteiger charge is -2.10. The first-order chi connectivity index (χ1) is 8.12. The van der Waals surface area contributed by atoms with Crippen LogP contribution >= 0.6 is 0 Å². The molecule has 0 rings (SSSR count). The minimum absolute atomic E-state index is 0.0456. The van der Waals surface area contributed by atoms with Crippen LogP contribution in [0.25, 0.3) is 0 Å². The minimum atomic E-state index is -0.141. The summed E-state index contributed by atoms with van der Waals surface area (Å²) in [6.07, 6.45) is 3.64. The number of unbranched alkanes of at least 4 members (excludes halogenated alkanes) is 1. The van der Waals surface area contributed by atoms with Gasteiger partial charge in [-0.1, -0.05) is 26.7 Å². The minimum Gasteiger partial charge on any atom is -0.396 e. The Morgan fingerprint density at radius 3 is 2.41 bits per heavy atom. The van der Waals surface area contributed by atoms with E-state index in [1.54, 1.807) is 0 Å². The molecule has 1 atom stereocenters. The number of nitrogens with one attached hydrogen (secondary N) is 1. The molecule has 0 aromatic rings. The summed E-state index contributed by atoms with van der Waals surface area (Å²) in [6.45, 7) is 6.22. The zero-order chi connectivity index (χ0) is 13.5. The van der Waals surface area contributed by atoms with Crippen molar-refractivity contribution in [3.05, 3.63) is 0 Å². The molecule has 0 saturated heterocycles. The molecule has 0 aliphatic rings. The number of halogens is 1. The van der Waals surface area contributed by atoms with Gasteiger partial charge in [0.05, 0.1) is 6.61 Å². The van der Waals surface area contributed by atoms with Crippen LogP contribution in [-0.4, -0.2) is 30.8 Å². The molecule has 5 heteroatoms. The number of carbonyl (C=O) groups excluding carboxylic acids is 1. The van der Waals surface area contributed by atoms with Gasteiger partial charge in [-0.25, -0.2) is 0 Å². The molecule has 2 N–H and O–H groups in total. The van der Waals surface area contributed by atoms with Crippen molar-refractivity contribution in [1.29, 1.82) is 0 Å². The molecule has 104 valence electrons. The highest BCUT2D eigenvalue weighted by molar-refractivity contribution is 5.72. The highest BCUT2D eigenvalue weighted by Crippen LogP contribution is 2.08. The third kappa shape index (κ3) is 17.9. The lowest BCUT2D eigenvalue weighted by Crippen LogP contribution is -2.21. The second kappa shape index (κ2) is 15.3. The van der Waals surface area contributed by atoms with Crippen LogP contribution in [0.4, 0.5) is 4.53 Å². The second-order valence-electron chi connectivity index (χ2n) is 4.01. The van der Waals surface area contributed by atoms with Gasteiger partial charge in [0.25, 0.3) is 0 Å². The van der Waals surface area contributed by atoms with Gasteiger partial charge in [-0.15, -0.1) is 0 Å². The van der Waals surface area contributed by atoms with Crippen LogP contribution in [0.3, 0.4) is 0 Å². The molecule has 0 fully saturated rings. The second-order valence-corrected chi connectivity index (χ2v) is 4.01. The first-order valence-electron chi connectivity index (χ1n) is 6.21. The Morgan fingerprint density at radius 1 is 1.41 bits per heavy atom. The third-order valence-electron chi connectivity index (χ3n) is 1.97. The molecule has 0 aromatic heterocycles. The summed E-state index contributed by atoms with van der Waals surface area (Å²) in [4.78, 5) is 13.9. The fraction of sp³-hybridized carbons (Fsp3) is 0.917. The Labute approximate surface area is 103 Å². The number of aliphatic hydroxyl groups is 1. The van der Waals surface area contributed by atoms with Crippen LogP contribution < -0.4 is 5.32 Å². The standard InChI is InChI=1S/C9H18FNO3.C3H8/c1-8(13)11-5-3-2-4-9(6-12)7-14-10;1-3-2/h9,12H,2-7H2,1H3,(H,11,13);3H2,1-2H3. The lowest BCUT2D eigenvalue weighted by molar-refractivity contribution is -0.149. The molecule has 17 heavy (non-hydrogen) atoms. The van der Waals surface area contributed by atoms with Gasteiger partial charge >= 0.3 is 0 Å². The molecule has 0 saturated carbocycles. The first-order valence-corrected chi connectivity index (χ1v) is 6.21. The highest BCUT2D eigenvalue weighted by atomic mass is 19.3. The molecular formula is C12H26FNO3. The Hall–Kier alpha value is -0.680. The Balaban J connectivity index is 0. The molecule has 0 radical (unpaired) electrons. The average molecular weight is 251 g/mol. The molecule has 1 unspecified atom stereocenters. The van der Waals surface area contributed by atoms with E-state index in [1.807, 2.05) is 0 Å². The molecule has 0 aromatic carbocycles. The quantitative estimate of drug-likeness (QED) is 0.650. The number of aliphatic hydroxyl groups excluding tert-OH is 1. The monoisotopic (exact) mass is 251 g/mol. The topological polar surface area (TPSA) is 58.6 Å². The summed E-state index contributed by atoms with van der Waals surface area (Å²) in [7, 11) is 0. The number of carbonyl (C=O) groups is 1. The van der Waals surface area contributed by atoms with E-state index in [1.165, 1.54) is 13.3 Å². The maximum Gasteiger partial charge on any atom is 0.216 e. The van der Waals surface area contributed by atoms with Crippen molar-refractivity contribution in [1.82, 2.24) is 5.32 Å². The number of hydrogen-bond acceptors (Lipinski definition) is 3. The molecule has 0 aliphatic heterocycles. The molecule has 0 spiro atoms. The van der Waals surface area contributed by atoms with Crippen LogP contribution in [0, 0.1) is 5.92 Å². The summed E-state index contributed by atoms with van der Waals surface area (Å²) >= 11 is 0. The van der Waals surface area contributed by atoms with Crippen LogP contribution in [0.2, 0.25) is 0 Å². The largest absolute Gasteiger partial charge is 0.396 e. The van der Waals surface area contributed by atoms with E-state index in [0.29, 0.717) is 13.0 Å². The average Bonchev–Trinajstić information content (AvgIpc) is 2.28. The lowest BCUT2D eigenvalue weighted by atomic mass is 10.0. The van der Waals surface area contributed by atoms with E-state index in [0.717, 1.165) is 12.8 Å². The van der Waals surface area contributed by atoms with Gasteiger partial charge in [0.2, 0.25) is 5.91 Å². The van der Waals surface area contributed by atoms with E-state index in [2.05, 4.69) is 24.1 Å². The van der Waals surface area contributed by atoms with Crippen molar-refractivity contribution in [2.75, 3.05) is 19.8 Å². The molecule has 0 heterocycles. The van der Waals surface area contributed by atoms with Gasteiger partial charge < -0.3 is 10.4 Å².